The van der Waals surface area contributed by atoms with Gasteiger partial charge in [0.1, 0.15) is 10.8 Å². The summed E-state index contributed by atoms with van der Waals surface area (Å²) in [4.78, 5) is 8.68. The van der Waals surface area contributed by atoms with Gasteiger partial charge in [-0.15, -0.1) is 0 Å². The van der Waals surface area contributed by atoms with Crippen molar-refractivity contribution in [2.75, 3.05) is 25.1 Å². The van der Waals surface area contributed by atoms with E-state index in [9.17, 15) is 0 Å². The Morgan fingerprint density at radius 1 is 1.03 bits per heavy atom. The smallest absolute Gasteiger partial charge is 0.212 e. The zero-order valence-electron chi connectivity index (χ0n) is 24.0. The van der Waals surface area contributed by atoms with Crippen LogP contribution in [0.25, 0.3) is 4.96 Å². The number of anilines is 1. The van der Waals surface area contributed by atoms with E-state index < -0.39 is 0 Å². The van der Waals surface area contributed by atoms with Crippen LogP contribution >= 0.6 is 11.3 Å². The van der Waals surface area contributed by atoms with Crippen molar-refractivity contribution in [1.82, 2.24) is 14.6 Å². The Morgan fingerprint density at radius 3 is 2.69 bits per heavy atom. The summed E-state index contributed by atoms with van der Waals surface area (Å²) in [6.45, 7) is 9.02. The Morgan fingerprint density at radius 2 is 1.92 bits per heavy atom. The van der Waals surface area contributed by atoms with Crippen molar-refractivity contribution in [3.63, 3.8) is 0 Å². The average Bonchev–Trinajstić information content (AvgIpc) is 3.68. The predicted molar refractivity (Wildman–Crippen MR) is 162 cm³/mol. The van der Waals surface area contributed by atoms with E-state index in [-0.39, 0.29) is 0 Å². The van der Waals surface area contributed by atoms with Gasteiger partial charge in [-0.1, -0.05) is 44.2 Å². The van der Waals surface area contributed by atoms with Crippen molar-refractivity contribution < 1.29 is 4.74 Å². The summed E-state index contributed by atoms with van der Waals surface area (Å²) in [7, 11) is 1.76. The molecular formula is C33H42N4OS. The minimum absolute atomic E-state index is 0.470. The van der Waals surface area contributed by atoms with Crippen LogP contribution in [0.15, 0.2) is 36.5 Å². The van der Waals surface area contributed by atoms with E-state index >= 15 is 0 Å². The molecule has 1 fully saturated rings. The maximum atomic E-state index is 5.49. The van der Waals surface area contributed by atoms with Gasteiger partial charge >= 0.3 is 0 Å². The standard InChI is InChI=1S/C33H42N4OS/c1-5-22-15-25(11-10-23-9-8-14-36(20-23)31-13-12-28(38-4)18-24(31)6-2)29-19-27(17-26(29)16-22)30-21-37-33(34-30)39-32(7-3)35-37/h12-13,15-16,18,21,23,27H,5-11,14,17,19-20H2,1-4H3. The largest absolute Gasteiger partial charge is 0.497 e. The summed E-state index contributed by atoms with van der Waals surface area (Å²) >= 11 is 1.73. The Bertz CT molecular complexity index is 1420. The van der Waals surface area contributed by atoms with E-state index in [1.165, 1.54) is 48.2 Å². The number of hydrogen-bond donors (Lipinski definition) is 0. The van der Waals surface area contributed by atoms with E-state index in [0.717, 1.165) is 66.8 Å². The van der Waals surface area contributed by atoms with Crippen LogP contribution in [0.5, 0.6) is 5.75 Å². The van der Waals surface area contributed by atoms with Gasteiger partial charge in [-0.2, -0.15) is 5.10 Å². The summed E-state index contributed by atoms with van der Waals surface area (Å²) < 4.78 is 7.49. The van der Waals surface area contributed by atoms with Crippen LogP contribution in [0.2, 0.25) is 0 Å². The molecule has 5 nitrogen and oxygen atoms in total. The number of aromatic nitrogens is 3. The Balaban J connectivity index is 1.16. The van der Waals surface area contributed by atoms with Crippen molar-refractivity contribution in [2.45, 2.75) is 84.5 Å². The molecule has 2 aliphatic rings. The predicted octanol–water partition coefficient (Wildman–Crippen LogP) is 7.22. The second-order valence-corrected chi connectivity index (χ2v) is 12.5. The molecule has 2 atom stereocenters. The van der Waals surface area contributed by atoms with E-state index in [1.54, 1.807) is 35.1 Å². The lowest BCUT2D eigenvalue weighted by atomic mass is 9.88. The fourth-order valence-corrected chi connectivity index (χ4v) is 7.61. The van der Waals surface area contributed by atoms with Crippen LogP contribution in [0.4, 0.5) is 5.69 Å². The van der Waals surface area contributed by atoms with Gasteiger partial charge in [-0.25, -0.2) is 9.50 Å². The molecule has 206 valence electrons. The van der Waals surface area contributed by atoms with Gasteiger partial charge < -0.3 is 9.64 Å². The van der Waals surface area contributed by atoms with Crippen LogP contribution in [-0.2, 0) is 38.5 Å². The molecule has 39 heavy (non-hydrogen) atoms. The highest BCUT2D eigenvalue weighted by atomic mass is 32.1. The molecule has 3 heterocycles. The number of nitrogens with zero attached hydrogens (tertiary/aromatic N) is 4. The van der Waals surface area contributed by atoms with Crippen LogP contribution in [0.3, 0.4) is 0 Å². The molecule has 0 amide bonds. The normalized spacial score (nSPS) is 19.1. The summed E-state index contributed by atoms with van der Waals surface area (Å²) in [5.41, 5.74) is 10.3. The van der Waals surface area contributed by atoms with Crippen molar-refractivity contribution in [3.05, 3.63) is 75.0 Å². The number of fused-ring (bicyclic) bond motifs is 2. The molecule has 2 unspecified atom stereocenters. The summed E-state index contributed by atoms with van der Waals surface area (Å²) in [5, 5.41) is 5.87. The highest BCUT2D eigenvalue weighted by molar-refractivity contribution is 7.16. The van der Waals surface area contributed by atoms with Crippen LogP contribution in [-0.4, -0.2) is 34.8 Å². The minimum atomic E-state index is 0.470. The number of methoxy groups -OCH3 is 1. The minimum Gasteiger partial charge on any atom is -0.497 e. The molecule has 2 aromatic heterocycles. The van der Waals surface area contributed by atoms with Crippen LogP contribution in [0, 0.1) is 5.92 Å². The second kappa shape index (κ2) is 11.3. The van der Waals surface area contributed by atoms with Crippen molar-refractivity contribution in [1.29, 1.82) is 0 Å². The molecular weight excluding hydrogens is 500 g/mol. The first-order chi connectivity index (χ1) is 19.1. The maximum Gasteiger partial charge on any atom is 0.212 e. The zero-order valence-corrected chi connectivity index (χ0v) is 24.8. The van der Waals surface area contributed by atoms with Crippen molar-refractivity contribution >= 4 is 22.0 Å². The third-order valence-corrected chi connectivity index (χ3v) is 10.1. The molecule has 2 aromatic carbocycles. The molecule has 0 radical (unpaired) electrons. The van der Waals surface area contributed by atoms with Gasteiger partial charge in [-0.3, -0.25) is 0 Å². The molecule has 6 rings (SSSR count). The molecule has 6 heteroatoms. The highest BCUT2D eigenvalue weighted by Crippen LogP contribution is 2.38. The lowest BCUT2D eigenvalue weighted by molar-refractivity contribution is 0.390. The van der Waals surface area contributed by atoms with E-state index in [1.807, 2.05) is 4.52 Å². The molecule has 1 saturated heterocycles. The SMILES string of the molecule is CCc1cc(CCC2CCCN(c3ccc(OC)cc3CC)C2)c2c(c1)CC(c1cn3nc(CC)sc3n1)C2. The molecule has 0 bridgehead atoms. The Hall–Kier alpha value is -2.86. The van der Waals surface area contributed by atoms with E-state index in [4.69, 9.17) is 14.8 Å². The average molecular weight is 543 g/mol. The lowest BCUT2D eigenvalue weighted by Gasteiger charge is -2.36. The van der Waals surface area contributed by atoms with Crippen molar-refractivity contribution in [2.24, 2.45) is 5.92 Å². The molecule has 1 aliphatic carbocycles. The van der Waals surface area contributed by atoms with Gasteiger partial charge in [0.25, 0.3) is 0 Å². The summed E-state index contributed by atoms with van der Waals surface area (Å²) in [6.07, 6.45) is 12.6. The fraction of sp³-hybridized carbons (Fsp3) is 0.515. The number of hydrogen-bond acceptors (Lipinski definition) is 5. The number of ether oxygens (including phenoxy) is 1. The zero-order chi connectivity index (χ0) is 26.9. The lowest BCUT2D eigenvalue weighted by Crippen LogP contribution is -2.36. The fourth-order valence-electron chi connectivity index (χ4n) is 6.79. The van der Waals surface area contributed by atoms with E-state index in [0.29, 0.717) is 5.92 Å². The topological polar surface area (TPSA) is 42.7 Å². The molecule has 1 aliphatic heterocycles. The number of piperidine rings is 1. The quantitative estimate of drug-likeness (QED) is 0.224. The first-order valence-corrected chi connectivity index (χ1v) is 15.8. The summed E-state index contributed by atoms with van der Waals surface area (Å²) in [6, 6.07) is 11.6. The molecule has 0 saturated carbocycles. The van der Waals surface area contributed by atoms with E-state index in [2.05, 4.69) is 62.2 Å². The van der Waals surface area contributed by atoms with Crippen LogP contribution < -0.4 is 9.64 Å². The van der Waals surface area contributed by atoms with Gasteiger partial charge in [-0.05, 0) is 110 Å². The Kier molecular flexibility index (Phi) is 7.66. The molecule has 0 N–H and O–H groups in total. The first-order valence-electron chi connectivity index (χ1n) is 15.0. The van der Waals surface area contributed by atoms with Gasteiger partial charge in [0.05, 0.1) is 19.0 Å². The third kappa shape index (κ3) is 5.32. The molecule has 0 spiro atoms. The Labute approximate surface area is 237 Å². The highest BCUT2D eigenvalue weighted by Gasteiger charge is 2.29. The maximum absolute atomic E-state index is 5.49. The first kappa shape index (κ1) is 26.4. The number of benzene rings is 2. The van der Waals surface area contributed by atoms with Crippen molar-refractivity contribution in [3.8, 4) is 5.75 Å². The van der Waals surface area contributed by atoms with Gasteiger partial charge in [0.15, 0.2) is 0 Å². The molecule has 4 aromatic rings. The second-order valence-electron chi connectivity index (χ2n) is 11.4. The third-order valence-electron chi connectivity index (χ3n) is 8.99. The van der Waals surface area contributed by atoms with Gasteiger partial charge in [0.2, 0.25) is 4.96 Å². The number of aryl methyl sites for hydroxylation is 4. The van der Waals surface area contributed by atoms with Crippen LogP contribution in [0.1, 0.15) is 84.5 Å². The van der Waals surface area contributed by atoms with Gasteiger partial charge in [0, 0.05) is 24.7 Å². The summed E-state index contributed by atoms with van der Waals surface area (Å²) in [5.74, 6) is 2.17. The monoisotopic (exact) mass is 542 g/mol. The number of imidazole rings is 1. The number of rotatable bonds is 9.